The summed E-state index contributed by atoms with van der Waals surface area (Å²) in [6.07, 6.45) is 2.02. The Hall–Kier alpha value is -1.61. The zero-order valence-electron chi connectivity index (χ0n) is 9.94. The summed E-state index contributed by atoms with van der Waals surface area (Å²) >= 11 is 0. The molecule has 0 aliphatic carbocycles. The van der Waals surface area contributed by atoms with Crippen LogP contribution in [0, 0.1) is 6.92 Å². The monoisotopic (exact) mass is 215 g/mol. The minimum Gasteiger partial charge on any atom is -0.323 e. The lowest BCUT2D eigenvalue weighted by Crippen LogP contribution is -2.07. The molecule has 0 fully saturated rings. The van der Waals surface area contributed by atoms with Gasteiger partial charge in [-0.25, -0.2) is 0 Å². The smallest absolute Gasteiger partial charge is 0.0867 e. The molecule has 0 saturated carbocycles. The Balaban J connectivity index is 2.50. The van der Waals surface area contributed by atoms with Gasteiger partial charge in [-0.2, -0.15) is 5.10 Å². The maximum atomic E-state index is 5.92. The minimum atomic E-state index is -0.0440. The summed E-state index contributed by atoms with van der Waals surface area (Å²) in [6, 6.07) is 8.38. The number of aryl methyl sites for hydroxylation is 2. The molecule has 0 saturated heterocycles. The van der Waals surface area contributed by atoms with Gasteiger partial charge in [-0.15, -0.1) is 0 Å². The Morgan fingerprint density at radius 3 is 2.44 bits per heavy atom. The molecule has 0 aliphatic heterocycles. The first-order chi connectivity index (χ1) is 7.58. The van der Waals surface area contributed by atoms with Crippen LogP contribution in [0.15, 0.2) is 30.5 Å². The topological polar surface area (TPSA) is 43.8 Å². The van der Waals surface area contributed by atoms with Crippen molar-refractivity contribution in [2.24, 2.45) is 12.8 Å². The summed E-state index contributed by atoms with van der Waals surface area (Å²) in [5, 5.41) is 4.40. The summed E-state index contributed by atoms with van der Waals surface area (Å²) in [5.74, 6) is 0. The average Bonchev–Trinajstić information content (AvgIpc) is 2.61. The van der Waals surface area contributed by atoms with Crippen LogP contribution in [0.4, 0.5) is 0 Å². The number of nitrogens with zero attached hydrogens (tertiary/aromatic N) is 2. The molecule has 2 rings (SSSR count). The molecule has 2 N–H and O–H groups in total. The van der Waals surface area contributed by atoms with Gasteiger partial charge in [-0.05, 0) is 19.4 Å². The number of nitrogens with two attached hydrogens (primary N) is 1. The fourth-order valence-corrected chi connectivity index (χ4v) is 1.80. The van der Waals surface area contributed by atoms with Gasteiger partial charge in [0.1, 0.15) is 0 Å². The maximum absolute atomic E-state index is 5.92. The molecule has 2 aromatic rings. The van der Waals surface area contributed by atoms with Crippen LogP contribution in [0.5, 0.6) is 0 Å². The third-order valence-electron chi connectivity index (χ3n) is 2.65. The molecule has 1 heterocycles. The molecule has 0 spiro atoms. The van der Waals surface area contributed by atoms with Crippen LogP contribution in [-0.4, -0.2) is 9.78 Å². The molecular weight excluding hydrogens is 198 g/mol. The van der Waals surface area contributed by atoms with Crippen LogP contribution in [0.2, 0.25) is 0 Å². The van der Waals surface area contributed by atoms with Gasteiger partial charge < -0.3 is 5.73 Å². The predicted octanol–water partition coefficient (Wildman–Crippen LogP) is 2.42. The van der Waals surface area contributed by atoms with Crippen LogP contribution in [-0.2, 0) is 7.05 Å². The Labute approximate surface area is 95.9 Å². The highest BCUT2D eigenvalue weighted by Crippen LogP contribution is 2.26. The Kier molecular flexibility index (Phi) is 2.79. The standard InChI is InChI=1S/C13H17N3/c1-9-4-6-11(7-5-9)12-8-16(3)15-13(12)10(2)14/h4-8,10H,14H2,1-3H3. The fourth-order valence-electron chi connectivity index (χ4n) is 1.80. The second-order valence-electron chi connectivity index (χ2n) is 4.26. The van der Waals surface area contributed by atoms with Crippen LogP contribution in [0.25, 0.3) is 11.1 Å². The lowest BCUT2D eigenvalue weighted by Gasteiger charge is -2.05. The average molecular weight is 215 g/mol. The van der Waals surface area contributed by atoms with E-state index >= 15 is 0 Å². The zero-order valence-corrected chi connectivity index (χ0v) is 9.94. The van der Waals surface area contributed by atoms with E-state index in [2.05, 4.69) is 36.3 Å². The molecule has 0 radical (unpaired) electrons. The van der Waals surface area contributed by atoms with E-state index in [9.17, 15) is 0 Å². The van der Waals surface area contributed by atoms with Gasteiger partial charge in [0.2, 0.25) is 0 Å². The van der Waals surface area contributed by atoms with Gasteiger partial charge in [-0.1, -0.05) is 29.8 Å². The number of hydrogen-bond acceptors (Lipinski definition) is 2. The van der Waals surface area contributed by atoms with Gasteiger partial charge in [0.25, 0.3) is 0 Å². The quantitative estimate of drug-likeness (QED) is 0.836. The largest absolute Gasteiger partial charge is 0.323 e. The highest BCUT2D eigenvalue weighted by molar-refractivity contribution is 5.66. The van der Waals surface area contributed by atoms with Gasteiger partial charge >= 0.3 is 0 Å². The molecule has 84 valence electrons. The molecular formula is C13H17N3. The van der Waals surface area contributed by atoms with E-state index in [4.69, 9.17) is 5.73 Å². The summed E-state index contributed by atoms with van der Waals surface area (Å²) in [4.78, 5) is 0. The van der Waals surface area contributed by atoms with Crippen molar-refractivity contribution in [3.63, 3.8) is 0 Å². The van der Waals surface area contributed by atoms with E-state index in [-0.39, 0.29) is 6.04 Å². The molecule has 16 heavy (non-hydrogen) atoms. The first-order valence-corrected chi connectivity index (χ1v) is 5.44. The minimum absolute atomic E-state index is 0.0440. The third kappa shape index (κ3) is 1.99. The van der Waals surface area contributed by atoms with Crippen molar-refractivity contribution in [1.29, 1.82) is 0 Å². The molecule has 1 aromatic carbocycles. The first-order valence-electron chi connectivity index (χ1n) is 5.44. The van der Waals surface area contributed by atoms with Crippen LogP contribution in [0.1, 0.15) is 24.2 Å². The number of aromatic nitrogens is 2. The molecule has 1 unspecified atom stereocenters. The lowest BCUT2D eigenvalue weighted by molar-refractivity contribution is 0.699. The second kappa shape index (κ2) is 4.10. The van der Waals surface area contributed by atoms with Crippen LogP contribution < -0.4 is 5.73 Å². The molecule has 0 amide bonds. The van der Waals surface area contributed by atoms with Gasteiger partial charge in [-0.3, -0.25) is 4.68 Å². The van der Waals surface area contributed by atoms with Gasteiger partial charge in [0, 0.05) is 24.8 Å². The van der Waals surface area contributed by atoms with Crippen LogP contribution in [0.3, 0.4) is 0 Å². The van der Waals surface area contributed by atoms with Crippen molar-refractivity contribution >= 4 is 0 Å². The Morgan fingerprint density at radius 1 is 1.25 bits per heavy atom. The van der Waals surface area contributed by atoms with Crippen molar-refractivity contribution in [2.75, 3.05) is 0 Å². The summed E-state index contributed by atoms with van der Waals surface area (Å²) < 4.78 is 1.81. The second-order valence-corrected chi connectivity index (χ2v) is 4.26. The molecule has 0 bridgehead atoms. The molecule has 1 aromatic heterocycles. The zero-order chi connectivity index (χ0) is 11.7. The Bertz CT molecular complexity index is 480. The predicted molar refractivity (Wildman–Crippen MR) is 66.0 cm³/mol. The molecule has 1 atom stereocenters. The fraction of sp³-hybridized carbons (Fsp3) is 0.308. The molecule has 3 nitrogen and oxygen atoms in total. The first kappa shape index (κ1) is 10.9. The number of benzene rings is 1. The van der Waals surface area contributed by atoms with Gasteiger partial charge in [0.05, 0.1) is 5.69 Å². The molecule has 0 aliphatic rings. The number of hydrogen-bond donors (Lipinski definition) is 1. The van der Waals surface area contributed by atoms with Crippen molar-refractivity contribution in [2.45, 2.75) is 19.9 Å². The van der Waals surface area contributed by atoms with Crippen molar-refractivity contribution in [3.8, 4) is 11.1 Å². The maximum Gasteiger partial charge on any atom is 0.0867 e. The van der Waals surface area contributed by atoms with E-state index in [0.717, 1.165) is 11.3 Å². The van der Waals surface area contributed by atoms with E-state index in [1.807, 2.05) is 24.9 Å². The van der Waals surface area contributed by atoms with Crippen molar-refractivity contribution in [1.82, 2.24) is 9.78 Å². The van der Waals surface area contributed by atoms with Crippen molar-refractivity contribution in [3.05, 3.63) is 41.7 Å². The number of rotatable bonds is 2. The lowest BCUT2D eigenvalue weighted by atomic mass is 10.0. The third-order valence-corrected chi connectivity index (χ3v) is 2.65. The van der Waals surface area contributed by atoms with E-state index in [1.54, 1.807) is 0 Å². The SMILES string of the molecule is Cc1ccc(-c2cn(C)nc2C(C)N)cc1. The van der Waals surface area contributed by atoms with E-state index in [1.165, 1.54) is 11.1 Å². The highest BCUT2D eigenvalue weighted by Gasteiger charge is 2.12. The van der Waals surface area contributed by atoms with Crippen molar-refractivity contribution < 1.29 is 0 Å². The normalized spacial score (nSPS) is 12.8. The van der Waals surface area contributed by atoms with Crippen LogP contribution >= 0.6 is 0 Å². The van der Waals surface area contributed by atoms with Gasteiger partial charge in [0.15, 0.2) is 0 Å². The highest BCUT2D eigenvalue weighted by atomic mass is 15.3. The summed E-state index contributed by atoms with van der Waals surface area (Å²) in [6.45, 7) is 4.04. The van der Waals surface area contributed by atoms with E-state index < -0.39 is 0 Å². The summed E-state index contributed by atoms with van der Waals surface area (Å²) in [7, 11) is 1.92. The molecule has 3 heteroatoms. The summed E-state index contributed by atoms with van der Waals surface area (Å²) in [5.41, 5.74) is 10.4. The Morgan fingerprint density at radius 2 is 1.88 bits per heavy atom. The van der Waals surface area contributed by atoms with E-state index in [0.29, 0.717) is 0 Å².